The smallest absolute Gasteiger partial charge is 0.261 e. The summed E-state index contributed by atoms with van der Waals surface area (Å²) in [7, 11) is 0. The first-order chi connectivity index (χ1) is 16.1. The number of piperidine rings is 1. The number of thiazole rings is 1. The predicted octanol–water partition coefficient (Wildman–Crippen LogP) is 4.18. The molecule has 7 nitrogen and oxygen atoms in total. The standard InChI is InChI=1S/C25H24N4O3S/c30-22(27-25-26-19(16-33-25)15-28-11-5-2-6-12-28)18-9-10-20-21(13-18)24(32)29(23(20)31)14-17-7-3-1-4-8-17/h1,3-4,7-10,13,16H,2,5-6,11-12,14-15H2,(H,26,27,30). The van der Waals surface area contributed by atoms with Gasteiger partial charge in [-0.25, -0.2) is 4.98 Å². The molecular formula is C25H24N4O3S. The number of aromatic nitrogens is 1. The minimum absolute atomic E-state index is 0.202. The van der Waals surface area contributed by atoms with Crippen molar-refractivity contribution in [1.82, 2.24) is 14.8 Å². The Morgan fingerprint density at radius 1 is 0.939 bits per heavy atom. The third-order valence-electron chi connectivity index (χ3n) is 6.02. The van der Waals surface area contributed by atoms with E-state index in [9.17, 15) is 14.4 Å². The SMILES string of the molecule is O=C(Nc1nc(CN2CCCCC2)cs1)c1ccc2c(c1)C(=O)N(Cc1ccccc1)C2=O. The van der Waals surface area contributed by atoms with Crippen LogP contribution in [0.3, 0.4) is 0 Å². The van der Waals surface area contributed by atoms with Gasteiger partial charge in [-0.15, -0.1) is 11.3 Å². The predicted molar refractivity (Wildman–Crippen MR) is 126 cm³/mol. The van der Waals surface area contributed by atoms with Crippen molar-refractivity contribution in [2.75, 3.05) is 18.4 Å². The normalized spacial score (nSPS) is 16.2. The summed E-state index contributed by atoms with van der Waals surface area (Å²) in [4.78, 5) is 46.6. The van der Waals surface area contributed by atoms with Gasteiger partial charge in [-0.05, 0) is 49.7 Å². The molecule has 0 unspecified atom stereocenters. The second-order valence-corrected chi connectivity index (χ2v) is 9.24. The molecule has 1 aromatic heterocycles. The average Bonchev–Trinajstić information content (AvgIpc) is 3.37. The van der Waals surface area contributed by atoms with Crippen molar-refractivity contribution < 1.29 is 14.4 Å². The van der Waals surface area contributed by atoms with E-state index >= 15 is 0 Å². The Hall–Kier alpha value is -3.36. The van der Waals surface area contributed by atoms with E-state index < -0.39 is 0 Å². The summed E-state index contributed by atoms with van der Waals surface area (Å²) in [5, 5.41) is 5.32. The molecule has 3 aromatic rings. The molecule has 168 valence electrons. The van der Waals surface area contributed by atoms with E-state index in [0.717, 1.165) is 30.9 Å². The van der Waals surface area contributed by atoms with E-state index in [-0.39, 0.29) is 29.8 Å². The van der Waals surface area contributed by atoms with E-state index in [1.165, 1.54) is 41.6 Å². The first kappa shape index (κ1) is 21.5. The number of carbonyl (C=O) groups excluding carboxylic acids is 3. The van der Waals surface area contributed by atoms with Crippen LogP contribution in [0.2, 0.25) is 0 Å². The quantitative estimate of drug-likeness (QED) is 0.558. The van der Waals surface area contributed by atoms with Gasteiger partial charge in [0.2, 0.25) is 0 Å². The van der Waals surface area contributed by atoms with Crippen molar-refractivity contribution in [1.29, 1.82) is 0 Å². The molecule has 0 spiro atoms. The van der Waals surface area contributed by atoms with Crippen molar-refractivity contribution >= 4 is 34.2 Å². The number of nitrogens with one attached hydrogen (secondary N) is 1. The van der Waals surface area contributed by atoms with Crippen LogP contribution >= 0.6 is 11.3 Å². The Morgan fingerprint density at radius 3 is 2.48 bits per heavy atom. The highest BCUT2D eigenvalue weighted by atomic mass is 32.1. The fraction of sp³-hybridized carbons (Fsp3) is 0.280. The Kier molecular flexibility index (Phi) is 6.02. The Labute approximate surface area is 196 Å². The monoisotopic (exact) mass is 460 g/mol. The zero-order valence-electron chi connectivity index (χ0n) is 18.1. The Balaban J connectivity index is 1.27. The average molecular weight is 461 g/mol. The van der Waals surface area contributed by atoms with Crippen LogP contribution < -0.4 is 5.32 Å². The number of nitrogens with zero attached hydrogens (tertiary/aromatic N) is 3. The number of carbonyl (C=O) groups is 3. The summed E-state index contributed by atoms with van der Waals surface area (Å²) in [6, 6.07) is 14.0. The first-order valence-electron chi connectivity index (χ1n) is 11.1. The second-order valence-electron chi connectivity index (χ2n) is 8.38. The molecule has 1 fully saturated rings. The highest BCUT2D eigenvalue weighted by Crippen LogP contribution is 2.26. The van der Waals surface area contributed by atoms with Crippen LogP contribution in [0.1, 0.15) is 61.6 Å². The number of benzene rings is 2. The van der Waals surface area contributed by atoms with Crippen molar-refractivity contribution in [3.63, 3.8) is 0 Å². The number of likely N-dealkylation sites (tertiary alicyclic amines) is 1. The summed E-state index contributed by atoms with van der Waals surface area (Å²) < 4.78 is 0. The molecule has 1 saturated heterocycles. The number of amides is 3. The maximum absolute atomic E-state index is 12.9. The van der Waals surface area contributed by atoms with Gasteiger partial charge in [-0.2, -0.15) is 0 Å². The van der Waals surface area contributed by atoms with Crippen LogP contribution in [-0.4, -0.2) is 45.6 Å². The molecule has 2 aliphatic rings. The molecular weight excluding hydrogens is 436 g/mol. The zero-order chi connectivity index (χ0) is 22.8. The van der Waals surface area contributed by atoms with Crippen molar-refractivity contribution in [3.8, 4) is 0 Å². The van der Waals surface area contributed by atoms with Crippen LogP contribution in [-0.2, 0) is 13.1 Å². The van der Waals surface area contributed by atoms with Gasteiger partial charge in [-0.3, -0.25) is 29.5 Å². The molecule has 1 N–H and O–H groups in total. The maximum atomic E-state index is 12.9. The van der Waals surface area contributed by atoms with Gasteiger partial charge < -0.3 is 0 Å². The first-order valence-corrected chi connectivity index (χ1v) is 12.0. The molecule has 2 aromatic carbocycles. The molecule has 0 bridgehead atoms. The topological polar surface area (TPSA) is 82.6 Å². The van der Waals surface area contributed by atoms with Crippen molar-refractivity contribution in [3.05, 3.63) is 81.9 Å². The van der Waals surface area contributed by atoms with Crippen molar-refractivity contribution in [2.24, 2.45) is 0 Å². The van der Waals surface area contributed by atoms with E-state index in [4.69, 9.17) is 0 Å². The van der Waals surface area contributed by atoms with Gasteiger partial charge in [0.1, 0.15) is 0 Å². The molecule has 3 heterocycles. The van der Waals surface area contributed by atoms with Crippen LogP contribution in [0.25, 0.3) is 0 Å². The molecule has 0 atom stereocenters. The third-order valence-corrected chi connectivity index (χ3v) is 6.83. The van der Waals surface area contributed by atoms with E-state index in [1.54, 1.807) is 12.1 Å². The lowest BCUT2D eigenvalue weighted by Gasteiger charge is -2.25. The van der Waals surface area contributed by atoms with Gasteiger partial charge in [0, 0.05) is 17.5 Å². The fourth-order valence-electron chi connectivity index (χ4n) is 4.29. The molecule has 0 saturated carbocycles. The summed E-state index contributed by atoms with van der Waals surface area (Å²) in [6.45, 7) is 3.16. The summed E-state index contributed by atoms with van der Waals surface area (Å²) >= 11 is 1.39. The lowest BCUT2D eigenvalue weighted by molar-refractivity contribution is 0.0642. The summed E-state index contributed by atoms with van der Waals surface area (Å²) in [6.07, 6.45) is 3.72. The Morgan fingerprint density at radius 2 is 1.70 bits per heavy atom. The largest absolute Gasteiger partial charge is 0.298 e. The minimum Gasteiger partial charge on any atom is -0.298 e. The molecule has 3 amide bonds. The van der Waals surface area contributed by atoms with Crippen molar-refractivity contribution in [2.45, 2.75) is 32.4 Å². The molecule has 33 heavy (non-hydrogen) atoms. The molecule has 2 aliphatic heterocycles. The van der Waals surface area contributed by atoms with Gasteiger partial charge in [-0.1, -0.05) is 36.8 Å². The van der Waals surface area contributed by atoms with Crippen LogP contribution in [0.4, 0.5) is 5.13 Å². The third kappa shape index (κ3) is 4.58. The number of anilines is 1. The van der Waals surface area contributed by atoms with E-state index in [1.807, 2.05) is 35.7 Å². The number of hydrogen-bond acceptors (Lipinski definition) is 6. The van der Waals surface area contributed by atoms with Crippen LogP contribution in [0, 0.1) is 0 Å². The highest BCUT2D eigenvalue weighted by molar-refractivity contribution is 7.14. The highest BCUT2D eigenvalue weighted by Gasteiger charge is 2.36. The maximum Gasteiger partial charge on any atom is 0.261 e. The van der Waals surface area contributed by atoms with Gasteiger partial charge >= 0.3 is 0 Å². The lowest BCUT2D eigenvalue weighted by Crippen LogP contribution is -2.29. The minimum atomic E-state index is -0.383. The summed E-state index contributed by atoms with van der Waals surface area (Å²) in [5.74, 6) is -1.07. The number of hydrogen-bond donors (Lipinski definition) is 1. The van der Waals surface area contributed by atoms with Gasteiger partial charge in [0.05, 0.1) is 23.4 Å². The molecule has 0 radical (unpaired) electrons. The number of fused-ring (bicyclic) bond motifs is 1. The summed E-state index contributed by atoms with van der Waals surface area (Å²) in [5.41, 5.74) is 2.72. The molecule has 0 aliphatic carbocycles. The van der Waals surface area contributed by atoms with Crippen LogP contribution in [0.5, 0.6) is 0 Å². The Bertz CT molecular complexity index is 1200. The second kappa shape index (κ2) is 9.25. The fourth-order valence-corrected chi connectivity index (χ4v) is 4.99. The van der Waals surface area contributed by atoms with Gasteiger partial charge in [0.25, 0.3) is 17.7 Å². The van der Waals surface area contributed by atoms with E-state index in [0.29, 0.717) is 16.3 Å². The van der Waals surface area contributed by atoms with E-state index in [2.05, 4.69) is 15.2 Å². The lowest BCUT2D eigenvalue weighted by atomic mass is 10.1. The molecule has 8 heteroatoms. The number of imide groups is 1. The van der Waals surface area contributed by atoms with Gasteiger partial charge in [0.15, 0.2) is 5.13 Å². The molecule has 5 rings (SSSR count). The number of rotatable bonds is 6. The zero-order valence-corrected chi connectivity index (χ0v) is 18.9. The van der Waals surface area contributed by atoms with Crippen LogP contribution in [0.15, 0.2) is 53.9 Å².